The van der Waals surface area contributed by atoms with Gasteiger partial charge in [-0.1, -0.05) is 25.5 Å². The van der Waals surface area contributed by atoms with E-state index in [1.807, 2.05) is 6.07 Å². The molecule has 0 spiro atoms. The molecule has 1 aromatic carbocycles. The zero-order chi connectivity index (χ0) is 17.1. The van der Waals surface area contributed by atoms with E-state index in [0.29, 0.717) is 23.6 Å². The number of nitrogens with two attached hydrogens (primary N) is 1. The summed E-state index contributed by atoms with van der Waals surface area (Å²) in [6.07, 6.45) is 1.99. The van der Waals surface area contributed by atoms with Gasteiger partial charge in [-0.3, -0.25) is 14.8 Å². The number of benzene rings is 1. The predicted molar refractivity (Wildman–Crippen MR) is 91.0 cm³/mol. The first-order valence-electron chi connectivity index (χ1n) is 7.61. The molecular formula is C16H17N5O3. The molecule has 3 rings (SSSR count). The number of fused-ring (bicyclic) bond motifs is 1. The molecule has 2 aromatic heterocycles. The van der Waals surface area contributed by atoms with E-state index in [4.69, 9.17) is 10.5 Å². The molecule has 0 atom stereocenters. The van der Waals surface area contributed by atoms with E-state index < -0.39 is 11.2 Å². The minimum atomic E-state index is -0.645. The molecule has 0 saturated heterocycles. The van der Waals surface area contributed by atoms with Crippen molar-refractivity contribution in [3.63, 3.8) is 0 Å². The number of nitrogens with one attached hydrogen (secondary N) is 2. The van der Waals surface area contributed by atoms with E-state index in [1.54, 1.807) is 18.2 Å². The van der Waals surface area contributed by atoms with E-state index in [0.717, 1.165) is 12.8 Å². The Morgan fingerprint density at radius 2 is 2.04 bits per heavy atom. The van der Waals surface area contributed by atoms with E-state index in [2.05, 4.69) is 26.9 Å². The highest BCUT2D eigenvalue weighted by molar-refractivity contribution is 5.90. The number of aromatic nitrogens is 4. The summed E-state index contributed by atoms with van der Waals surface area (Å²) in [6, 6.07) is 7.21. The van der Waals surface area contributed by atoms with E-state index in [9.17, 15) is 9.59 Å². The molecule has 0 fully saturated rings. The average Bonchev–Trinajstić information content (AvgIpc) is 2.54. The Balaban J connectivity index is 2.14. The normalized spacial score (nSPS) is 10.9. The first-order chi connectivity index (χ1) is 11.6. The quantitative estimate of drug-likeness (QED) is 0.608. The van der Waals surface area contributed by atoms with Crippen LogP contribution in [0.2, 0.25) is 0 Å². The number of aromatic amines is 2. The molecule has 0 aliphatic rings. The minimum absolute atomic E-state index is 0.0314. The lowest BCUT2D eigenvalue weighted by atomic mass is 10.1. The highest BCUT2D eigenvalue weighted by Crippen LogP contribution is 2.26. The Bertz CT molecular complexity index is 993. The van der Waals surface area contributed by atoms with Crippen LogP contribution in [-0.2, 0) is 0 Å². The molecule has 0 amide bonds. The molecular weight excluding hydrogens is 310 g/mol. The smallest absolute Gasteiger partial charge is 0.327 e. The third-order valence-electron chi connectivity index (χ3n) is 3.49. The standard InChI is InChI=1S/C16H17N5O3/c1-2-3-7-24-10-6-4-5-9(8-10)12-11-13(19-15(17)18-12)20-16(23)21-14(11)22/h4-6,8H,2-3,7H2,1H3,(H4,17,18,19,20,21,22,23). The van der Waals surface area contributed by atoms with Crippen molar-refractivity contribution in [1.82, 2.24) is 19.9 Å². The van der Waals surface area contributed by atoms with Gasteiger partial charge in [-0.2, -0.15) is 4.98 Å². The molecule has 8 nitrogen and oxygen atoms in total. The molecule has 0 aliphatic carbocycles. The van der Waals surface area contributed by atoms with Gasteiger partial charge in [0.15, 0.2) is 5.65 Å². The summed E-state index contributed by atoms with van der Waals surface area (Å²) in [5.74, 6) is 0.642. The first-order valence-corrected chi connectivity index (χ1v) is 7.61. The van der Waals surface area contributed by atoms with Crippen LogP contribution in [0.4, 0.5) is 5.95 Å². The number of nitrogen functional groups attached to an aromatic ring is 1. The second-order valence-electron chi connectivity index (χ2n) is 5.29. The van der Waals surface area contributed by atoms with Gasteiger partial charge in [-0.25, -0.2) is 9.78 Å². The van der Waals surface area contributed by atoms with Crippen LogP contribution in [0.25, 0.3) is 22.3 Å². The second-order valence-corrected chi connectivity index (χ2v) is 5.29. The van der Waals surface area contributed by atoms with Crippen LogP contribution in [0.1, 0.15) is 19.8 Å². The highest BCUT2D eigenvalue weighted by atomic mass is 16.5. The summed E-state index contributed by atoms with van der Waals surface area (Å²) in [5.41, 5.74) is 5.59. The Morgan fingerprint density at radius 1 is 1.21 bits per heavy atom. The zero-order valence-corrected chi connectivity index (χ0v) is 13.1. The summed E-state index contributed by atoms with van der Waals surface area (Å²) in [4.78, 5) is 36.3. The summed E-state index contributed by atoms with van der Waals surface area (Å²) >= 11 is 0. The van der Waals surface area contributed by atoms with Gasteiger partial charge < -0.3 is 10.5 Å². The summed E-state index contributed by atoms with van der Waals surface area (Å²) in [5, 5.41) is 0.175. The van der Waals surface area contributed by atoms with Crippen LogP contribution in [0, 0.1) is 0 Å². The number of rotatable bonds is 5. The fourth-order valence-electron chi connectivity index (χ4n) is 2.36. The Labute approximate surface area is 136 Å². The largest absolute Gasteiger partial charge is 0.494 e. The topological polar surface area (TPSA) is 127 Å². The number of hydrogen-bond acceptors (Lipinski definition) is 6. The lowest BCUT2D eigenvalue weighted by Gasteiger charge is -2.09. The highest BCUT2D eigenvalue weighted by Gasteiger charge is 2.14. The van der Waals surface area contributed by atoms with Crippen molar-refractivity contribution in [2.75, 3.05) is 12.3 Å². The van der Waals surface area contributed by atoms with Crippen molar-refractivity contribution in [1.29, 1.82) is 0 Å². The van der Waals surface area contributed by atoms with Crippen LogP contribution in [0.15, 0.2) is 33.9 Å². The number of unbranched alkanes of at least 4 members (excludes halogenated alkanes) is 1. The molecule has 0 bridgehead atoms. The third-order valence-corrected chi connectivity index (χ3v) is 3.49. The molecule has 0 saturated carbocycles. The molecule has 8 heteroatoms. The lowest BCUT2D eigenvalue weighted by Crippen LogP contribution is -2.23. The number of anilines is 1. The summed E-state index contributed by atoms with van der Waals surface area (Å²) < 4.78 is 5.68. The fraction of sp³-hybridized carbons (Fsp3) is 0.250. The van der Waals surface area contributed by atoms with Crippen LogP contribution >= 0.6 is 0 Å². The monoisotopic (exact) mass is 327 g/mol. The van der Waals surface area contributed by atoms with Crippen LogP contribution in [0.3, 0.4) is 0 Å². The fourth-order valence-corrected chi connectivity index (χ4v) is 2.36. The van der Waals surface area contributed by atoms with E-state index in [-0.39, 0.29) is 17.0 Å². The number of hydrogen-bond donors (Lipinski definition) is 3. The number of H-pyrrole nitrogens is 2. The molecule has 0 unspecified atom stereocenters. The van der Waals surface area contributed by atoms with Crippen molar-refractivity contribution in [3.8, 4) is 17.0 Å². The maximum atomic E-state index is 12.2. The van der Waals surface area contributed by atoms with Gasteiger partial charge in [0, 0.05) is 5.56 Å². The van der Waals surface area contributed by atoms with Crippen LogP contribution in [-0.4, -0.2) is 26.5 Å². The second kappa shape index (κ2) is 6.53. The third kappa shape index (κ3) is 3.12. The van der Waals surface area contributed by atoms with Crippen molar-refractivity contribution < 1.29 is 4.74 Å². The molecule has 24 heavy (non-hydrogen) atoms. The number of nitrogens with zero attached hydrogens (tertiary/aromatic N) is 2. The zero-order valence-electron chi connectivity index (χ0n) is 13.1. The van der Waals surface area contributed by atoms with E-state index >= 15 is 0 Å². The maximum absolute atomic E-state index is 12.2. The molecule has 3 aromatic rings. The van der Waals surface area contributed by atoms with Crippen molar-refractivity contribution >= 4 is 17.0 Å². The number of ether oxygens (including phenoxy) is 1. The Morgan fingerprint density at radius 3 is 2.83 bits per heavy atom. The first kappa shape index (κ1) is 15.7. The van der Waals surface area contributed by atoms with Gasteiger partial charge in [-0.15, -0.1) is 0 Å². The minimum Gasteiger partial charge on any atom is -0.494 e. The van der Waals surface area contributed by atoms with Gasteiger partial charge in [0.1, 0.15) is 11.1 Å². The Hall–Kier alpha value is -3.16. The van der Waals surface area contributed by atoms with Gasteiger partial charge in [0.2, 0.25) is 5.95 Å². The average molecular weight is 327 g/mol. The molecule has 4 N–H and O–H groups in total. The van der Waals surface area contributed by atoms with Crippen LogP contribution < -0.4 is 21.7 Å². The molecule has 124 valence electrons. The van der Waals surface area contributed by atoms with Crippen molar-refractivity contribution in [2.45, 2.75) is 19.8 Å². The Kier molecular flexibility index (Phi) is 4.28. The van der Waals surface area contributed by atoms with Gasteiger partial charge in [0.25, 0.3) is 5.56 Å². The van der Waals surface area contributed by atoms with Gasteiger partial charge >= 0.3 is 5.69 Å². The predicted octanol–water partition coefficient (Wildman–Crippen LogP) is 1.43. The van der Waals surface area contributed by atoms with Crippen LogP contribution in [0.5, 0.6) is 5.75 Å². The summed E-state index contributed by atoms with van der Waals surface area (Å²) in [7, 11) is 0. The molecule has 0 aliphatic heterocycles. The summed E-state index contributed by atoms with van der Waals surface area (Å²) in [6.45, 7) is 2.70. The van der Waals surface area contributed by atoms with Crippen molar-refractivity contribution in [2.24, 2.45) is 0 Å². The lowest BCUT2D eigenvalue weighted by molar-refractivity contribution is 0.309. The van der Waals surface area contributed by atoms with Crippen molar-refractivity contribution in [3.05, 3.63) is 45.1 Å². The van der Waals surface area contributed by atoms with E-state index in [1.165, 1.54) is 0 Å². The van der Waals surface area contributed by atoms with Gasteiger partial charge in [0.05, 0.1) is 12.3 Å². The molecule has 0 radical (unpaired) electrons. The SMILES string of the molecule is CCCCOc1cccc(-c2nc(N)nc3[nH]c(=O)[nH]c(=O)c23)c1. The maximum Gasteiger partial charge on any atom is 0.327 e. The van der Waals surface area contributed by atoms with Gasteiger partial charge in [-0.05, 0) is 18.6 Å². The molecule has 2 heterocycles.